The second-order valence-corrected chi connectivity index (χ2v) is 7.81. The van der Waals surface area contributed by atoms with Gasteiger partial charge >= 0.3 is 0 Å². The second-order valence-electron chi connectivity index (χ2n) is 6.40. The number of nitrogens with one attached hydrogen (secondary N) is 1. The number of carbonyl (C=O) groups is 1. The van der Waals surface area contributed by atoms with Crippen LogP contribution in [-0.4, -0.2) is 47.5 Å². The van der Waals surface area contributed by atoms with Crippen LogP contribution >= 0.6 is 11.8 Å². The van der Waals surface area contributed by atoms with E-state index >= 15 is 0 Å². The molecule has 0 aromatic heterocycles. The van der Waals surface area contributed by atoms with Crippen LogP contribution in [0.15, 0.2) is 0 Å². The van der Waals surface area contributed by atoms with Crippen LogP contribution in [0, 0.1) is 11.8 Å². The van der Waals surface area contributed by atoms with Crippen molar-refractivity contribution in [2.24, 2.45) is 11.8 Å². The Hall–Kier alpha value is -0.220. The smallest absolute Gasteiger partial charge is 0.234 e. The highest BCUT2D eigenvalue weighted by atomic mass is 32.2. The second kappa shape index (κ2) is 6.04. The molecule has 2 saturated carbocycles. The van der Waals surface area contributed by atoms with Crippen molar-refractivity contribution >= 4 is 17.7 Å². The number of thioether (sulfide) groups is 1. The van der Waals surface area contributed by atoms with Crippen LogP contribution in [-0.2, 0) is 4.79 Å². The van der Waals surface area contributed by atoms with Crippen molar-refractivity contribution in [2.45, 2.75) is 50.3 Å². The van der Waals surface area contributed by atoms with Gasteiger partial charge in [-0.3, -0.25) is 9.69 Å². The first-order valence-electron chi connectivity index (χ1n) is 7.89. The summed E-state index contributed by atoms with van der Waals surface area (Å²) in [5, 5.41) is 4.06. The molecule has 3 rings (SSSR count). The minimum Gasteiger partial charge on any atom is -0.352 e. The minimum absolute atomic E-state index is 0.269. The summed E-state index contributed by atoms with van der Waals surface area (Å²) in [5.74, 6) is 3.06. The molecule has 1 atom stereocenters. The highest BCUT2D eigenvalue weighted by Crippen LogP contribution is 2.44. The van der Waals surface area contributed by atoms with Gasteiger partial charge in [0.05, 0.1) is 6.54 Å². The molecule has 1 heterocycles. The fourth-order valence-electron chi connectivity index (χ4n) is 3.14. The number of nitrogens with zero attached hydrogens (tertiary/aromatic N) is 1. The topological polar surface area (TPSA) is 32.3 Å². The molecule has 0 radical (unpaired) electrons. The van der Waals surface area contributed by atoms with Crippen LogP contribution in [0.2, 0.25) is 0 Å². The lowest BCUT2D eigenvalue weighted by atomic mass is 10.1. The molecule has 1 amide bonds. The third kappa shape index (κ3) is 3.88. The predicted molar refractivity (Wildman–Crippen MR) is 80.4 cm³/mol. The molecular weight excluding hydrogens is 256 g/mol. The van der Waals surface area contributed by atoms with E-state index in [9.17, 15) is 4.79 Å². The van der Waals surface area contributed by atoms with E-state index in [0.29, 0.717) is 12.6 Å². The number of hydrogen-bond acceptors (Lipinski definition) is 3. The molecule has 0 bridgehead atoms. The van der Waals surface area contributed by atoms with Crippen LogP contribution < -0.4 is 5.32 Å². The van der Waals surface area contributed by atoms with E-state index in [1.165, 1.54) is 37.9 Å². The Balaban J connectivity index is 1.44. The van der Waals surface area contributed by atoms with Crippen molar-refractivity contribution in [3.63, 3.8) is 0 Å². The van der Waals surface area contributed by atoms with Gasteiger partial charge in [0.15, 0.2) is 0 Å². The monoisotopic (exact) mass is 282 g/mol. The average Bonchev–Trinajstić information content (AvgIpc) is 3.29. The normalized spacial score (nSPS) is 28.6. The van der Waals surface area contributed by atoms with Gasteiger partial charge in [0.2, 0.25) is 5.91 Å². The molecule has 0 aromatic carbocycles. The lowest BCUT2D eigenvalue weighted by Crippen LogP contribution is -2.47. The molecule has 19 heavy (non-hydrogen) atoms. The van der Waals surface area contributed by atoms with E-state index in [0.717, 1.165) is 30.2 Å². The molecule has 0 spiro atoms. The summed E-state index contributed by atoms with van der Waals surface area (Å²) < 4.78 is 0. The summed E-state index contributed by atoms with van der Waals surface area (Å²) in [6.45, 7) is 5.03. The largest absolute Gasteiger partial charge is 0.352 e. The predicted octanol–water partition coefficient (Wildman–Crippen LogP) is 2.12. The Morgan fingerprint density at radius 2 is 2.00 bits per heavy atom. The van der Waals surface area contributed by atoms with E-state index < -0.39 is 0 Å². The minimum atomic E-state index is 0.269. The van der Waals surface area contributed by atoms with Crippen LogP contribution in [0.3, 0.4) is 0 Å². The van der Waals surface area contributed by atoms with E-state index in [1.807, 2.05) is 0 Å². The molecule has 3 aliphatic rings. The Kier molecular flexibility index (Phi) is 4.37. The Morgan fingerprint density at radius 3 is 2.58 bits per heavy atom. The molecule has 1 N–H and O–H groups in total. The molecule has 3 nitrogen and oxygen atoms in total. The van der Waals surface area contributed by atoms with Gasteiger partial charge < -0.3 is 5.32 Å². The summed E-state index contributed by atoms with van der Waals surface area (Å²) in [5.41, 5.74) is 0. The van der Waals surface area contributed by atoms with Crippen molar-refractivity contribution in [3.8, 4) is 0 Å². The van der Waals surface area contributed by atoms with E-state index in [1.54, 1.807) is 0 Å². The summed E-state index contributed by atoms with van der Waals surface area (Å²) in [6, 6.07) is 0.508. The van der Waals surface area contributed by atoms with Gasteiger partial charge in [-0.2, -0.15) is 11.8 Å². The summed E-state index contributed by atoms with van der Waals surface area (Å²) >= 11 is 2.06. The van der Waals surface area contributed by atoms with Crippen molar-refractivity contribution < 1.29 is 4.79 Å². The Morgan fingerprint density at radius 1 is 1.32 bits per heavy atom. The number of carbonyl (C=O) groups excluding carboxylic acids is 1. The van der Waals surface area contributed by atoms with Gasteiger partial charge in [-0.1, -0.05) is 6.92 Å². The van der Waals surface area contributed by atoms with Crippen LogP contribution in [0.1, 0.15) is 39.0 Å². The average molecular weight is 282 g/mol. The van der Waals surface area contributed by atoms with Crippen molar-refractivity contribution in [1.29, 1.82) is 0 Å². The molecule has 0 aromatic rings. The summed E-state index contributed by atoms with van der Waals surface area (Å²) in [7, 11) is 0. The molecule has 4 heteroatoms. The van der Waals surface area contributed by atoms with E-state index in [2.05, 4.69) is 28.9 Å². The van der Waals surface area contributed by atoms with Gasteiger partial charge in [0.25, 0.3) is 0 Å². The van der Waals surface area contributed by atoms with Crippen molar-refractivity contribution in [1.82, 2.24) is 10.2 Å². The maximum Gasteiger partial charge on any atom is 0.234 e. The van der Waals surface area contributed by atoms with Crippen LogP contribution in [0.4, 0.5) is 0 Å². The Bertz CT molecular complexity index is 316. The van der Waals surface area contributed by atoms with Gasteiger partial charge in [0.1, 0.15) is 0 Å². The maximum absolute atomic E-state index is 12.2. The Labute approximate surface area is 120 Å². The SMILES string of the molecule is CCC1CN(CC(=O)NC(C2CC2)C2CC2)CCS1. The highest BCUT2D eigenvalue weighted by molar-refractivity contribution is 8.00. The maximum atomic E-state index is 12.2. The first-order valence-corrected chi connectivity index (χ1v) is 8.94. The van der Waals surface area contributed by atoms with E-state index in [-0.39, 0.29) is 5.91 Å². The summed E-state index contributed by atoms with van der Waals surface area (Å²) in [6.07, 6.45) is 6.55. The lowest BCUT2D eigenvalue weighted by molar-refractivity contribution is -0.123. The molecule has 1 unspecified atom stereocenters. The van der Waals surface area contributed by atoms with Crippen molar-refractivity contribution in [3.05, 3.63) is 0 Å². The van der Waals surface area contributed by atoms with Crippen LogP contribution in [0.25, 0.3) is 0 Å². The van der Waals surface area contributed by atoms with Crippen molar-refractivity contribution in [2.75, 3.05) is 25.4 Å². The molecule has 108 valence electrons. The zero-order valence-corrected chi connectivity index (χ0v) is 12.8. The van der Waals surface area contributed by atoms with Crippen LogP contribution in [0.5, 0.6) is 0 Å². The van der Waals surface area contributed by atoms with Gasteiger partial charge in [-0.25, -0.2) is 0 Å². The first-order chi connectivity index (χ1) is 9.26. The van der Waals surface area contributed by atoms with Gasteiger partial charge in [-0.05, 0) is 43.9 Å². The molecule has 1 saturated heterocycles. The lowest BCUT2D eigenvalue weighted by Gasteiger charge is -2.31. The zero-order chi connectivity index (χ0) is 13.2. The van der Waals surface area contributed by atoms with Gasteiger partial charge in [-0.15, -0.1) is 0 Å². The third-order valence-corrected chi connectivity index (χ3v) is 6.00. The van der Waals surface area contributed by atoms with E-state index in [4.69, 9.17) is 0 Å². The molecule has 2 aliphatic carbocycles. The number of rotatable bonds is 6. The molecule has 3 fully saturated rings. The van der Waals surface area contributed by atoms with Gasteiger partial charge in [0, 0.05) is 30.1 Å². The number of amides is 1. The summed E-state index contributed by atoms with van der Waals surface area (Å²) in [4.78, 5) is 14.6. The highest BCUT2D eigenvalue weighted by Gasteiger charge is 2.42. The molecule has 1 aliphatic heterocycles. The fraction of sp³-hybridized carbons (Fsp3) is 0.933. The fourth-order valence-corrected chi connectivity index (χ4v) is 4.39. The standard InChI is InChI=1S/C15H26N2OS/c1-2-13-9-17(7-8-19-13)10-14(18)16-15(11-3-4-11)12-5-6-12/h11-13,15H,2-10H2,1H3,(H,16,18). The zero-order valence-electron chi connectivity index (χ0n) is 11.9. The number of hydrogen-bond donors (Lipinski definition) is 1. The third-order valence-electron chi connectivity index (χ3n) is 4.63. The first kappa shape index (κ1) is 13.7. The molecular formula is C15H26N2OS. The quantitative estimate of drug-likeness (QED) is 0.810.